The van der Waals surface area contributed by atoms with E-state index >= 15 is 0 Å². The number of hydrogen-bond donors (Lipinski definition) is 2. The Balaban J connectivity index is 3.10. The fourth-order valence-electron chi connectivity index (χ4n) is 1.13. The van der Waals surface area contributed by atoms with Crippen molar-refractivity contribution in [2.45, 2.75) is 0 Å². The van der Waals surface area contributed by atoms with Crippen molar-refractivity contribution < 1.29 is 4.79 Å². The molecule has 1 rings (SSSR count). The second-order valence-corrected chi connectivity index (χ2v) is 4.74. The standard InChI is InChI=1S/C11H9Cl2N3OS/c1-15-9(10(14)17)11(18-2)16-6-3-4-7(12)8(13)5-6/h3-5,16H,2H3,(H2,14,17)/b11-9+. The maximum Gasteiger partial charge on any atom is 0.278 e. The van der Waals surface area contributed by atoms with E-state index in [0.29, 0.717) is 20.8 Å². The molecule has 0 bridgehead atoms. The second kappa shape index (κ2) is 6.55. The number of amides is 1. The van der Waals surface area contributed by atoms with Gasteiger partial charge in [-0.05, 0) is 24.5 Å². The number of primary amides is 1. The highest BCUT2D eigenvalue weighted by molar-refractivity contribution is 8.02. The van der Waals surface area contributed by atoms with Crippen LogP contribution >= 0.6 is 35.0 Å². The van der Waals surface area contributed by atoms with Gasteiger partial charge in [0.05, 0.1) is 21.6 Å². The molecule has 0 saturated heterocycles. The van der Waals surface area contributed by atoms with E-state index < -0.39 is 5.91 Å². The zero-order chi connectivity index (χ0) is 13.7. The summed E-state index contributed by atoms with van der Waals surface area (Å²) in [5.74, 6) is -0.776. The molecule has 0 aliphatic heterocycles. The van der Waals surface area contributed by atoms with E-state index in [9.17, 15) is 4.79 Å². The second-order valence-electron chi connectivity index (χ2n) is 3.11. The van der Waals surface area contributed by atoms with Gasteiger partial charge in [0.2, 0.25) is 5.91 Å². The smallest absolute Gasteiger partial charge is 0.278 e. The third-order valence-corrected chi connectivity index (χ3v) is 3.38. The van der Waals surface area contributed by atoms with Gasteiger partial charge in [-0.1, -0.05) is 23.2 Å². The number of hydrogen-bond acceptors (Lipinski definition) is 3. The predicted octanol–water partition coefficient (Wildman–Crippen LogP) is 3.34. The summed E-state index contributed by atoms with van der Waals surface area (Å²) >= 11 is 12.9. The molecule has 4 nitrogen and oxygen atoms in total. The Hall–Kier alpha value is -1.35. The van der Waals surface area contributed by atoms with Gasteiger partial charge in [-0.3, -0.25) is 4.79 Å². The first kappa shape index (κ1) is 14.7. The van der Waals surface area contributed by atoms with Crippen LogP contribution in [0.1, 0.15) is 0 Å². The van der Waals surface area contributed by atoms with Crippen LogP contribution in [-0.4, -0.2) is 12.2 Å². The molecule has 3 N–H and O–H groups in total. The molecule has 0 radical (unpaired) electrons. The number of anilines is 1. The molecule has 7 heteroatoms. The van der Waals surface area contributed by atoms with Crippen LogP contribution in [0.4, 0.5) is 5.69 Å². The molecule has 0 aliphatic carbocycles. The summed E-state index contributed by atoms with van der Waals surface area (Å²) < 4.78 is 0. The van der Waals surface area contributed by atoms with Crippen molar-refractivity contribution in [3.63, 3.8) is 0 Å². The van der Waals surface area contributed by atoms with E-state index in [-0.39, 0.29) is 5.70 Å². The molecule has 0 aliphatic rings. The molecule has 94 valence electrons. The van der Waals surface area contributed by atoms with Gasteiger partial charge < -0.3 is 11.1 Å². The molecule has 0 heterocycles. The third kappa shape index (κ3) is 3.57. The van der Waals surface area contributed by atoms with E-state index in [2.05, 4.69) is 10.2 Å². The lowest BCUT2D eigenvalue weighted by atomic mass is 10.3. The Labute approximate surface area is 119 Å². The minimum Gasteiger partial charge on any atom is -0.375 e. The predicted molar refractivity (Wildman–Crippen MR) is 76.4 cm³/mol. The molecule has 1 amide bonds. The first-order valence-corrected chi connectivity index (χ1v) is 6.65. The summed E-state index contributed by atoms with van der Waals surface area (Å²) in [6, 6.07) is 4.90. The van der Waals surface area contributed by atoms with Gasteiger partial charge in [-0.2, -0.15) is 0 Å². The summed E-state index contributed by atoms with van der Waals surface area (Å²) in [7, 11) is 0. The first-order valence-electron chi connectivity index (χ1n) is 4.67. The molecule has 0 fully saturated rings. The fourth-order valence-corrected chi connectivity index (χ4v) is 1.99. The molecular formula is C11H9Cl2N3OS. The van der Waals surface area contributed by atoms with E-state index in [4.69, 9.17) is 35.5 Å². The maximum absolute atomic E-state index is 11.1. The van der Waals surface area contributed by atoms with Gasteiger partial charge in [0, 0.05) is 5.69 Å². The average molecular weight is 302 g/mol. The molecule has 0 unspecified atom stereocenters. The van der Waals surface area contributed by atoms with Crippen LogP contribution in [0, 0.1) is 6.57 Å². The summed E-state index contributed by atoms with van der Waals surface area (Å²) in [6.07, 6.45) is 1.73. The van der Waals surface area contributed by atoms with Gasteiger partial charge in [-0.15, -0.1) is 11.8 Å². The van der Waals surface area contributed by atoms with Crippen molar-refractivity contribution in [3.05, 3.63) is 50.4 Å². The van der Waals surface area contributed by atoms with Crippen molar-refractivity contribution >= 4 is 46.6 Å². The number of rotatable bonds is 4. The number of nitrogens with one attached hydrogen (secondary N) is 1. The fraction of sp³-hybridized carbons (Fsp3) is 0.0909. The van der Waals surface area contributed by atoms with Gasteiger partial charge in [-0.25, -0.2) is 4.85 Å². The number of benzene rings is 1. The average Bonchev–Trinajstić information content (AvgIpc) is 2.33. The van der Waals surface area contributed by atoms with Crippen molar-refractivity contribution in [2.24, 2.45) is 5.73 Å². The van der Waals surface area contributed by atoms with Gasteiger partial charge in [0.1, 0.15) is 0 Å². The van der Waals surface area contributed by atoms with Crippen molar-refractivity contribution in [3.8, 4) is 0 Å². The third-order valence-electron chi connectivity index (χ3n) is 1.94. The zero-order valence-electron chi connectivity index (χ0n) is 9.33. The largest absolute Gasteiger partial charge is 0.375 e. The Morgan fingerprint density at radius 1 is 1.44 bits per heavy atom. The van der Waals surface area contributed by atoms with Gasteiger partial charge in [0.15, 0.2) is 0 Å². The summed E-state index contributed by atoms with van der Waals surface area (Å²) in [4.78, 5) is 14.2. The number of nitrogens with two attached hydrogens (primary N) is 1. The van der Waals surface area contributed by atoms with Gasteiger partial charge >= 0.3 is 0 Å². The Kier molecular flexibility index (Phi) is 5.35. The molecule has 1 aromatic rings. The van der Waals surface area contributed by atoms with E-state index in [0.717, 1.165) is 0 Å². The number of halogens is 2. The number of thioether (sulfide) groups is 1. The molecule has 0 atom stereocenters. The molecule has 0 spiro atoms. The number of nitrogens with zero attached hydrogens (tertiary/aromatic N) is 1. The quantitative estimate of drug-likeness (QED) is 0.662. The van der Waals surface area contributed by atoms with Crippen molar-refractivity contribution in [2.75, 3.05) is 11.6 Å². The van der Waals surface area contributed by atoms with E-state index in [1.807, 2.05) is 0 Å². The maximum atomic E-state index is 11.1. The number of carbonyl (C=O) groups excluding carboxylic acids is 1. The van der Waals surface area contributed by atoms with Crippen LogP contribution in [0.15, 0.2) is 28.9 Å². The molecule has 0 saturated carbocycles. The first-order chi connectivity index (χ1) is 8.49. The number of carbonyl (C=O) groups is 1. The summed E-state index contributed by atoms with van der Waals surface area (Å²) in [5, 5.41) is 4.09. The van der Waals surface area contributed by atoms with Crippen molar-refractivity contribution in [1.82, 2.24) is 0 Å². The highest BCUT2D eigenvalue weighted by atomic mass is 35.5. The SMILES string of the molecule is [C-]#[N+]/C(C(N)=O)=C(\Nc1ccc(Cl)c(Cl)c1)SC. The van der Waals surface area contributed by atoms with Crippen LogP contribution < -0.4 is 11.1 Å². The lowest BCUT2D eigenvalue weighted by Gasteiger charge is -2.10. The molecule has 0 aromatic heterocycles. The minimum atomic E-state index is -0.776. The summed E-state index contributed by atoms with van der Waals surface area (Å²) in [5.41, 5.74) is 5.60. The van der Waals surface area contributed by atoms with Crippen LogP contribution in [-0.2, 0) is 4.79 Å². The van der Waals surface area contributed by atoms with Gasteiger partial charge in [0.25, 0.3) is 5.70 Å². The lowest BCUT2D eigenvalue weighted by Crippen LogP contribution is -2.15. The molecule has 18 heavy (non-hydrogen) atoms. The Morgan fingerprint density at radius 2 is 2.11 bits per heavy atom. The zero-order valence-corrected chi connectivity index (χ0v) is 11.7. The highest BCUT2D eigenvalue weighted by Crippen LogP contribution is 2.28. The normalized spacial score (nSPS) is 11.4. The van der Waals surface area contributed by atoms with Crippen LogP contribution in [0.2, 0.25) is 10.0 Å². The van der Waals surface area contributed by atoms with Crippen molar-refractivity contribution in [1.29, 1.82) is 0 Å². The monoisotopic (exact) mass is 301 g/mol. The topological polar surface area (TPSA) is 59.5 Å². The van der Waals surface area contributed by atoms with E-state index in [1.54, 1.807) is 24.5 Å². The van der Waals surface area contributed by atoms with E-state index in [1.165, 1.54) is 11.8 Å². The Morgan fingerprint density at radius 3 is 2.56 bits per heavy atom. The molecular weight excluding hydrogens is 293 g/mol. The van der Waals surface area contributed by atoms with Crippen LogP contribution in [0.5, 0.6) is 0 Å². The Bertz CT molecular complexity index is 552. The molecule has 1 aromatic carbocycles. The van der Waals surface area contributed by atoms with Crippen LogP contribution in [0.25, 0.3) is 4.85 Å². The highest BCUT2D eigenvalue weighted by Gasteiger charge is 2.13. The minimum absolute atomic E-state index is 0.145. The summed E-state index contributed by atoms with van der Waals surface area (Å²) in [6.45, 7) is 6.93. The van der Waals surface area contributed by atoms with Crippen LogP contribution in [0.3, 0.4) is 0 Å². The lowest BCUT2D eigenvalue weighted by molar-refractivity contribution is -0.114.